The smallest absolute Gasteiger partial charge is 0.248 e. The van der Waals surface area contributed by atoms with E-state index in [1.54, 1.807) is 0 Å². The maximum absolute atomic E-state index is 12.4. The molecule has 4 nitrogen and oxygen atoms in total. The molecule has 1 aromatic heterocycles. The minimum atomic E-state index is 0.0568. The van der Waals surface area contributed by atoms with Crippen LogP contribution in [-0.4, -0.2) is 20.9 Å². The first kappa shape index (κ1) is 28.3. The molecule has 2 aromatic rings. The predicted molar refractivity (Wildman–Crippen MR) is 145 cm³/mol. The van der Waals surface area contributed by atoms with Crippen molar-refractivity contribution in [3.63, 3.8) is 0 Å². The van der Waals surface area contributed by atoms with Crippen LogP contribution in [0.25, 0.3) is 11.0 Å². The third-order valence-corrected chi connectivity index (χ3v) is 6.74. The highest BCUT2D eigenvalue weighted by atomic mass is 16.2. The Morgan fingerprint density at radius 3 is 1.79 bits per heavy atom. The zero-order valence-electron chi connectivity index (χ0n) is 21.9. The monoisotopic (exact) mass is 467 g/mol. The van der Waals surface area contributed by atoms with Crippen LogP contribution < -0.4 is 0 Å². The Kier molecular flexibility index (Phi) is 16.1. The summed E-state index contributed by atoms with van der Waals surface area (Å²) in [6, 6.07) is 7.64. The van der Waals surface area contributed by atoms with Crippen molar-refractivity contribution in [2.75, 3.05) is 0 Å². The number of hydrogen-bond acceptors (Lipinski definition) is 3. The van der Waals surface area contributed by atoms with E-state index in [1.165, 1.54) is 114 Å². The predicted octanol–water partition coefficient (Wildman–Crippen LogP) is 9.45. The van der Waals surface area contributed by atoms with Crippen molar-refractivity contribution in [2.24, 2.45) is 0 Å². The van der Waals surface area contributed by atoms with Gasteiger partial charge in [-0.15, -0.1) is 5.10 Å². The maximum atomic E-state index is 12.4. The van der Waals surface area contributed by atoms with Gasteiger partial charge in [0.15, 0.2) is 0 Å². The lowest BCUT2D eigenvalue weighted by atomic mass is 10.0. The Labute approximate surface area is 208 Å². The van der Waals surface area contributed by atoms with Crippen LogP contribution in [-0.2, 0) is 0 Å². The van der Waals surface area contributed by atoms with Crippen molar-refractivity contribution in [1.29, 1.82) is 0 Å². The van der Waals surface area contributed by atoms with Crippen LogP contribution in [0.15, 0.2) is 36.4 Å². The number of para-hydroxylation sites is 1. The summed E-state index contributed by atoms with van der Waals surface area (Å²) in [5.74, 6) is 0.0568. The molecular formula is C30H49N3O. The molecule has 0 bridgehead atoms. The van der Waals surface area contributed by atoms with Gasteiger partial charge in [0, 0.05) is 6.42 Å². The summed E-state index contributed by atoms with van der Waals surface area (Å²) < 4.78 is 1.46. The number of carbonyl (C=O) groups excluding carboxylic acids is 1. The zero-order valence-corrected chi connectivity index (χ0v) is 21.9. The number of unbranched alkanes of at least 4 members (excludes halogenated alkanes) is 17. The summed E-state index contributed by atoms with van der Waals surface area (Å²) >= 11 is 0. The fourth-order valence-corrected chi connectivity index (χ4v) is 4.57. The molecule has 0 saturated carbocycles. The summed E-state index contributed by atoms with van der Waals surface area (Å²) in [4.78, 5) is 12.4. The van der Waals surface area contributed by atoms with Crippen molar-refractivity contribution in [2.45, 2.75) is 135 Å². The van der Waals surface area contributed by atoms with Crippen molar-refractivity contribution >= 4 is 16.9 Å². The van der Waals surface area contributed by atoms with Gasteiger partial charge >= 0.3 is 0 Å². The van der Waals surface area contributed by atoms with Crippen molar-refractivity contribution in [3.8, 4) is 0 Å². The molecule has 0 unspecified atom stereocenters. The minimum absolute atomic E-state index is 0.0568. The molecule has 0 N–H and O–H groups in total. The second-order valence-corrected chi connectivity index (χ2v) is 9.84. The van der Waals surface area contributed by atoms with Gasteiger partial charge < -0.3 is 0 Å². The SMILES string of the molecule is CCCCCCCCC/C=C/CCCCCCCCCCCCC(=O)n1nnc2ccccc21. The van der Waals surface area contributed by atoms with Crippen molar-refractivity contribution < 1.29 is 4.79 Å². The van der Waals surface area contributed by atoms with E-state index >= 15 is 0 Å². The number of allylic oxidation sites excluding steroid dienone is 2. The number of benzene rings is 1. The highest BCUT2D eigenvalue weighted by molar-refractivity contribution is 5.88. The molecule has 34 heavy (non-hydrogen) atoms. The molecule has 0 spiro atoms. The molecular weight excluding hydrogens is 418 g/mol. The van der Waals surface area contributed by atoms with E-state index < -0.39 is 0 Å². The van der Waals surface area contributed by atoms with E-state index in [4.69, 9.17) is 0 Å². The highest BCUT2D eigenvalue weighted by Gasteiger charge is 2.10. The summed E-state index contributed by atoms with van der Waals surface area (Å²) in [6.45, 7) is 2.28. The topological polar surface area (TPSA) is 47.8 Å². The standard InChI is InChI=1S/C30H49N3O/c1-2-3-4-5-6-7-8-9-10-11-12-13-14-15-16-17-18-19-20-21-22-27-30(34)33-29-26-24-23-25-28(29)31-32-33/h10-11,23-26H,2-9,12-22,27H2,1H3/b11-10+. The largest absolute Gasteiger partial charge is 0.273 e. The summed E-state index contributed by atoms with van der Waals surface area (Å²) in [5, 5.41) is 8.08. The fourth-order valence-electron chi connectivity index (χ4n) is 4.57. The molecule has 0 aliphatic rings. The van der Waals surface area contributed by atoms with Crippen LogP contribution in [0.1, 0.15) is 140 Å². The van der Waals surface area contributed by atoms with Gasteiger partial charge in [0.05, 0.1) is 5.52 Å². The number of rotatable bonds is 21. The lowest BCUT2D eigenvalue weighted by molar-refractivity contribution is 0.0886. The van der Waals surface area contributed by atoms with Crippen LogP contribution in [0.5, 0.6) is 0 Å². The summed E-state index contributed by atoms with van der Waals surface area (Å²) in [7, 11) is 0. The van der Waals surface area contributed by atoms with Crippen LogP contribution in [0.3, 0.4) is 0 Å². The lowest BCUT2D eigenvalue weighted by Crippen LogP contribution is -2.12. The number of carbonyl (C=O) groups is 1. The summed E-state index contributed by atoms with van der Waals surface area (Å²) in [6.07, 6.45) is 30.5. The third-order valence-electron chi connectivity index (χ3n) is 6.74. The second-order valence-electron chi connectivity index (χ2n) is 9.84. The van der Waals surface area contributed by atoms with E-state index in [1.807, 2.05) is 24.3 Å². The lowest BCUT2D eigenvalue weighted by Gasteiger charge is -2.03. The van der Waals surface area contributed by atoms with E-state index in [0.29, 0.717) is 6.42 Å². The third kappa shape index (κ3) is 12.5. The van der Waals surface area contributed by atoms with Gasteiger partial charge in [-0.05, 0) is 44.2 Å². The van der Waals surface area contributed by atoms with E-state index in [2.05, 4.69) is 29.4 Å². The quantitative estimate of drug-likeness (QED) is 0.136. The van der Waals surface area contributed by atoms with E-state index in [0.717, 1.165) is 23.9 Å². The maximum Gasteiger partial charge on any atom is 0.248 e. The van der Waals surface area contributed by atoms with Gasteiger partial charge in [-0.2, -0.15) is 4.68 Å². The Hall–Kier alpha value is -1.97. The molecule has 2 rings (SSSR count). The zero-order chi connectivity index (χ0) is 24.1. The molecule has 0 fully saturated rings. The van der Waals surface area contributed by atoms with Crippen LogP contribution in [0.4, 0.5) is 0 Å². The van der Waals surface area contributed by atoms with Gasteiger partial charge in [-0.1, -0.05) is 126 Å². The van der Waals surface area contributed by atoms with Gasteiger partial charge in [0.25, 0.3) is 0 Å². The first-order chi connectivity index (χ1) is 16.8. The molecule has 0 aliphatic carbocycles. The molecule has 0 aliphatic heterocycles. The van der Waals surface area contributed by atoms with E-state index in [-0.39, 0.29) is 5.91 Å². The molecule has 1 aromatic carbocycles. The van der Waals surface area contributed by atoms with Crippen LogP contribution in [0, 0.1) is 0 Å². The average molecular weight is 468 g/mol. The Bertz CT molecular complexity index is 795. The Balaban J connectivity index is 1.31. The first-order valence-electron chi connectivity index (χ1n) is 14.3. The highest BCUT2D eigenvalue weighted by Crippen LogP contribution is 2.14. The van der Waals surface area contributed by atoms with Crippen LogP contribution >= 0.6 is 0 Å². The molecule has 1 heterocycles. The fraction of sp³-hybridized carbons (Fsp3) is 0.700. The second kappa shape index (κ2) is 19.3. The number of aromatic nitrogens is 3. The Morgan fingerprint density at radius 1 is 0.706 bits per heavy atom. The minimum Gasteiger partial charge on any atom is -0.273 e. The van der Waals surface area contributed by atoms with Gasteiger partial charge in [0.2, 0.25) is 5.91 Å². The number of nitrogens with zero attached hydrogens (tertiary/aromatic N) is 3. The van der Waals surface area contributed by atoms with E-state index in [9.17, 15) is 4.79 Å². The van der Waals surface area contributed by atoms with Crippen molar-refractivity contribution in [3.05, 3.63) is 36.4 Å². The average Bonchev–Trinajstić information content (AvgIpc) is 3.29. The van der Waals surface area contributed by atoms with Gasteiger partial charge in [-0.3, -0.25) is 4.79 Å². The molecule has 0 saturated heterocycles. The number of hydrogen-bond donors (Lipinski definition) is 0. The first-order valence-corrected chi connectivity index (χ1v) is 14.3. The molecule has 4 heteroatoms. The molecule has 0 amide bonds. The molecule has 0 radical (unpaired) electrons. The van der Waals surface area contributed by atoms with Gasteiger partial charge in [-0.25, -0.2) is 0 Å². The number of fused-ring (bicyclic) bond motifs is 1. The van der Waals surface area contributed by atoms with Crippen molar-refractivity contribution in [1.82, 2.24) is 15.0 Å². The van der Waals surface area contributed by atoms with Crippen LogP contribution in [0.2, 0.25) is 0 Å². The summed E-state index contributed by atoms with van der Waals surface area (Å²) in [5.41, 5.74) is 1.60. The molecule has 190 valence electrons. The molecule has 0 atom stereocenters. The Morgan fingerprint density at radius 2 is 1.21 bits per heavy atom. The van der Waals surface area contributed by atoms with Gasteiger partial charge in [0.1, 0.15) is 5.52 Å². The normalized spacial score (nSPS) is 11.7.